The number of pyridine rings is 1. The van der Waals surface area contributed by atoms with E-state index in [2.05, 4.69) is 20.9 Å². The van der Waals surface area contributed by atoms with Gasteiger partial charge in [-0.1, -0.05) is 0 Å². The average molecular weight is 232 g/mol. The minimum absolute atomic E-state index is 0.0278. The number of aromatic hydroxyl groups is 1. The number of aromatic nitrogens is 1. The van der Waals surface area contributed by atoms with E-state index >= 15 is 0 Å². The number of aryl methyl sites for hydroxylation is 1. The Morgan fingerprint density at radius 1 is 1.67 bits per heavy atom. The van der Waals surface area contributed by atoms with E-state index in [1.807, 2.05) is 0 Å². The monoisotopic (exact) mass is 231 g/mol. The van der Waals surface area contributed by atoms with Crippen LogP contribution in [-0.2, 0) is 0 Å². The molecule has 0 radical (unpaired) electrons. The van der Waals surface area contributed by atoms with Crippen molar-refractivity contribution in [2.24, 2.45) is 0 Å². The van der Waals surface area contributed by atoms with Crippen LogP contribution in [0.5, 0.6) is 5.75 Å². The van der Waals surface area contributed by atoms with Gasteiger partial charge in [-0.15, -0.1) is 0 Å². The predicted octanol–water partition coefficient (Wildman–Crippen LogP) is 1.56. The molecule has 2 N–H and O–H groups in total. The number of hydrogen-bond acceptors (Lipinski definition) is 3. The van der Waals surface area contributed by atoms with Gasteiger partial charge < -0.3 is 10.2 Å². The molecule has 0 aliphatic carbocycles. The molecule has 0 fully saturated rings. The lowest BCUT2D eigenvalue weighted by atomic mass is 10.2. The van der Waals surface area contributed by atoms with E-state index < -0.39 is 5.97 Å². The number of carboxylic acid groups (broad SMARTS) is 1. The van der Waals surface area contributed by atoms with Gasteiger partial charge in [0, 0.05) is 0 Å². The molecule has 0 aromatic carbocycles. The molecule has 0 unspecified atom stereocenters. The summed E-state index contributed by atoms with van der Waals surface area (Å²) in [5, 5.41) is 17.8. The number of halogens is 1. The molecule has 1 rings (SSSR count). The molecule has 5 heteroatoms. The van der Waals surface area contributed by atoms with Gasteiger partial charge in [-0.05, 0) is 34.5 Å². The number of nitrogens with zero attached hydrogens (tertiary/aromatic N) is 1. The van der Waals surface area contributed by atoms with Gasteiger partial charge in [0.1, 0.15) is 10.3 Å². The molecule has 0 amide bonds. The third-order valence-electron chi connectivity index (χ3n) is 1.36. The maximum Gasteiger partial charge on any atom is 0.354 e. The first kappa shape index (κ1) is 8.99. The van der Waals surface area contributed by atoms with Crippen molar-refractivity contribution in [3.63, 3.8) is 0 Å². The fourth-order valence-corrected chi connectivity index (χ4v) is 1.24. The predicted molar refractivity (Wildman–Crippen MR) is 45.3 cm³/mol. The zero-order valence-corrected chi connectivity index (χ0v) is 7.79. The highest BCUT2D eigenvalue weighted by molar-refractivity contribution is 9.10. The Hall–Kier alpha value is -1.10. The second-order valence-corrected chi connectivity index (χ2v) is 3.02. The Balaban J connectivity index is 3.31. The highest BCUT2D eigenvalue weighted by Crippen LogP contribution is 2.25. The standard InChI is InChI=1S/C7H6BrNO3/c1-3-2-4(7(11)12)9-6(8)5(3)10/h2,10H,1H3,(H,11,12). The molecule has 1 aromatic heterocycles. The van der Waals surface area contributed by atoms with Crippen molar-refractivity contribution in [1.29, 1.82) is 0 Å². The molecule has 1 aromatic rings. The minimum atomic E-state index is -1.11. The Morgan fingerprint density at radius 3 is 2.67 bits per heavy atom. The van der Waals surface area contributed by atoms with Gasteiger partial charge in [0.25, 0.3) is 0 Å². The quantitative estimate of drug-likeness (QED) is 0.720. The highest BCUT2D eigenvalue weighted by atomic mass is 79.9. The Morgan fingerprint density at radius 2 is 2.25 bits per heavy atom. The summed E-state index contributed by atoms with van der Waals surface area (Å²) in [7, 11) is 0. The number of rotatable bonds is 1. The van der Waals surface area contributed by atoms with E-state index in [9.17, 15) is 9.90 Å². The normalized spacial score (nSPS) is 9.83. The first-order valence-electron chi connectivity index (χ1n) is 3.11. The van der Waals surface area contributed by atoms with Crippen LogP contribution in [0, 0.1) is 6.92 Å². The zero-order chi connectivity index (χ0) is 9.30. The van der Waals surface area contributed by atoms with Crippen molar-refractivity contribution in [3.05, 3.63) is 21.9 Å². The Bertz CT molecular complexity index is 314. The summed E-state index contributed by atoms with van der Waals surface area (Å²) < 4.78 is 0.153. The van der Waals surface area contributed by atoms with E-state index in [4.69, 9.17) is 5.11 Å². The number of aromatic carboxylic acids is 1. The molecule has 0 saturated heterocycles. The van der Waals surface area contributed by atoms with Crippen molar-refractivity contribution in [2.75, 3.05) is 0 Å². The molecular weight excluding hydrogens is 226 g/mol. The molecule has 0 aliphatic rings. The van der Waals surface area contributed by atoms with Gasteiger partial charge in [-0.3, -0.25) is 0 Å². The van der Waals surface area contributed by atoms with Crippen molar-refractivity contribution in [3.8, 4) is 5.75 Å². The van der Waals surface area contributed by atoms with Crippen LogP contribution in [0.15, 0.2) is 10.7 Å². The van der Waals surface area contributed by atoms with E-state index in [0.29, 0.717) is 5.56 Å². The first-order chi connectivity index (χ1) is 5.52. The van der Waals surface area contributed by atoms with Crippen LogP contribution in [0.3, 0.4) is 0 Å². The number of carbonyl (C=O) groups is 1. The molecule has 64 valence electrons. The summed E-state index contributed by atoms with van der Waals surface area (Å²) in [5.41, 5.74) is 0.395. The molecule has 1 heterocycles. The Kier molecular flexibility index (Phi) is 2.32. The maximum atomic E-state index is 10.5. The van der Waals surface area contributed by atoms with Crippen LogP contribution in [0.2, 0.25) is 0 Å². The summed E-state index contributed by atoms with van der Waals surface area (Å²) in [4.78, 5) is 14.1. The van der Waals surface area contributed by atoms with Crippen molar-refractivity contribution >= 4 is 21.9 Å². The van der Waals surface area contributed by atoms with Gasteiger partial charge in [0.2, 0.25) is 0 Å². The number of carboxylic acids is 1. The second-order valence-electron chi connectivity index (χ2n) is 2.27. The lowest BCUT2D eigenvalue weighted by Gasteiger charge is -2.01. The van der Waals surface area contributed by atoms with Crippen molar-refractivity contribution < 1.29 is 15.0 Å². The highest BCUT2D eigenvalue weighted by Gasteiger charge is 2.10. The molecule has 0 spiro atoms. The lowest BCUT2D eigenvalue weighted by Crippen LogP contribution is -2.01. The van der Waals surface area contributed by atoms with Gasteiger partial charge in [0.15, 0.2) is 5.75 Å². The number of hydrogen-bond donors (Lipinski definition) is 2. The van der Waals surface area contributed by atoms with Crippen LogP contribution in [-0.4, -0.2) is 21.2 Å². The average Bonchev–Trinajstić information content (AvgIpc) is 1.99. The SMILES string of the molecule is Cc1cc(C(=O)O)nc(Br)c1O. The zero-order valence-electron chi connectivity index (χ0n) is 6.21. The summed E-state index contributed by atoms with van der Waals surface area (Å²) in [6, 6.07) is 1.31. The van der Waals surface area contributed by atoms with E-state index in [-0.39, 0.29) is 16.0 Å². The van der Waals surface area contributed by atoms with Crippen molar-refractivity contribution in [2.45, 2.75) is 6.92 Å². The van der Waals surface area contributed by atoms with Gasteiger partial charge >= 0.3 is 5.97 Å². The fraction of sp³-hybridized carbons (Fsp3) is 0.143. The van der Waals surface area contributed by atoms with E-state index in [1.165, 1.54) is 6.07 Å². The van der Waals surface area contributed by atoms with E-state index in [1.54, 1.807) is 6.92 Å². The molecule has 0 aliphatic heterocycles. The van der Waals surface area contributed by atoms with Crippen LogP contribution >= 0.6 is 15.9 Å². The lowest BCUT2D eigenvalue weighted by molar-refractivity contribution is 0.0690. The molecule has 0 bridgehead atoms. The molecule has 0 atom stereocenters. The topological polar surface area (TPSA) is 70.4 Å². The fourth-order valence-electron chi connectivity index (χ4n) is 0.737. The van der Waals surface area contributed by atoms with Crippen LogP contribution in [0.4, 0.5) is 0 Å². The molecular formula is C7H6BrNO3. The Labute approximate surface area is 77.0 Å². The smallest absolute Gasteiger partial charge is 0.354 e. The summed E-state index contributed by atoms with van der Waals surface area (Å²) in [5.74, 6) is -1.14. The molecule has 4 nitrogen and oxygen atoms in total. The van der Waals surface area contributed by atoms with Gasteiger partial charge in [0.05, 0.1) is 0 Å². The summed E-state index contributed by atoms with van der Waals surface area (Å²) in [6.07, 6.45) is 0. The summed E-state index contributed by atoms with van der Waals surface area (Å²) in [6.45, 7) is 1.61. The van der Waals surface area contributed by atoms with Crippen LogP contribution in [0.1, 0.15) is 16.1 Å². The third-order valence-corrected chi connectivity index (χ3v) is 1.91. The summed E-state index contributed by atoms with van der Waals surface area (Å²) >= 11 is 2.94. The van der Waals surface area contributed by atoms with Crippen LogP contribution in [0.25, 0.3) is 0 Å². The van der Waals surface area contributed by atoms with Gasteiger partial charge in [-0.25, -0.2) is 9.78 Å². The largest absolute Gasteiger partial charge is 0.505 e. The van der Waals surface area contributed by atoms with Crippen LogP contribution < -0.4 is 0 Å². The minimum Gasteiger partial charge on any atom is -0.505 e. The maximum absolute atomic E-state index is 10.5. The second kappa shape index (κ2) is 3.10. The van der Waals surface area contributed by atoms with Gasteiger partial charge in [-0.2, -0.15) is 0 Å². The van der Waals surface area contributed by atoms with Crippen molar-refractivity contribution in [1.82, 2.24) is 4.98 Å². The first-order valence-corrected chi connectivity index (χ1v) is 3.91. The third kappa shape index (κ3) is 1.55. The molecule has 0 saturated carbocycles. The van der Waals surface area contributed by atoms with E-state index in [0.717, 1.165) is 0 Å². The molecule has 12 heavy (non-hydrogen) atoms.